The maximum atomic E-state index is 13.8. The largest absolute Gasteiger partial charge is 0.444 e. The summed E-state index contributed by atoms with van der Waals surface area (Å²) in [4.78, 5) is 41.5. The van der Waals surface area contributed by atoms with Crippen molar-refractivity contribution in [3.05, 3.63) is 71.3 Å². The fourth-order valence-electron chi connectivity index (χ4n) is 3.94. The summed E-state index contributed by atoms with van der Waals surface area (Å²) < 4.78 is 5.35. The molecule has 0 saturated heterocycles. The van der Waals surface area contributed by atoms with E-state index in [1.54, 1.807) is 25.7 Å². The van der Waals surface area contributed by atoms with Gasteiger partial charge in [-0.3, -0.25) is 9.59 Å². The Labute approximate surface area is 219 Å². The van der Waals surface area contributed by atoms with Gasteiger partial charge in [-0.2, -0.15) is 12.6 Å². The van der Waals surface area contributed by atoms with Gasteiger partial charge < -0.3 is 20.3 Å². The van der Waals surface area contributed by atoms with E-state index in [2.05, 4.69) is 30.2 Å². The van der Waals surface area contributed by atoms with E-state index in [0.29, 0.717) is 6.54 Å². The van der Waals surface area contributed by atoms with Crippen molar-refractivity contribution in [3.63, 3.8) is 0 Å². The van der Waals surface area contributed by atoms with Crippen molar-refractivity contribution >= 4 is 30.5 Å². The SMILES string of the molecule is CCc1ccc(C(C(=O)NCc2ccccc2)N(C(=O)C(CS)NC(=O)OC(C)(C)C)C2CC2)cc1. The third-order valence-electron chi connectivity index (χ3n) is 5.91. The molecular weight excluding hydrogens is 474 g/mol. The number of aryl methyl sites for hydroxylation is 1. The molecule has 1 aliphatic rings. The molecule has 8 heteroatoms. The van der Waals surface area contributed by atoms with Crippen LogP contribution in [0.25, 0.3) is 0 Å². The lowest BCUT2D eigenvalue weighted by Gasteiger charge is -2.34. The first-order valence-corrected chi connectivity index (χ1v) is 13.1. The molecule has 2 aromatic carbocycles. The lowest BCUT2D eigenvalue weighted by molar-refractivity contribution is -0.142. The highest BCUT2D eigenvalue weighted by atomic mass is 32.1. The van der Waals surface area contributed by atoms with Crippen molar-refractivity contribution in [2.75, 3.05) is 5.75 Å². The summed E-state index contributed by atoms with van der Waals surface area (Å²) in [6.45, 7) is 7.69. The van der Waals surface area contributed by atoms with Gasteiger partial charge in [0.05, 0.1) is 0 Å². The van der Waals surface area contributed by atoms with E-state index in [4.69, 9.17) is 4.74 Å². The van der Waals surface area contributed by atoms with E-state index < -0.39 is 23.8 Å². The molecule has 0 radical (unpaired) electrons. The number of carbonyl (C=O) groups is 3. The molecule has 1 fully saturated rings. The topological polar surface area (TPSA) is 87.7 Å². The lowest BCUT2D eigenvalue weighted by atomic mass is 10.00. The zero-order valence-electron chi connectivity index (χ0n) is 21.5. The molecule has 3 amide bonds. The Morgan fingerprint density at radius 3 is 2.19 bits per heavy atom. The molecule has 3 rings (SSSR count). The molecule has 2 atom stereocenters. The molecule has 0 bridgehead atoms. The second kappa shape index (κ2) is 12.3. The summed E-state index contributed by atoms with van der Waals surface area (Å²) in [7, 11) is 0. The Balaban J connectivity index is 1.88. The molecule has 36 heavy (non-hydrogen) atoms. The van der Waals surface area contributed by atoms with Crippen molar-refractivity contribution in [3.8, 4) is 0 Å². The van der Waals surface area contributed by atoms with Crippen LogP contribution in [0.3, 0.4) is 0 Å². The number of thiol groups is 1. The third kappa shape index (κ3) is 7.75. The second-order valence-electron chi connectivity index (χ2n) is 10.1. The minimum absolute atomic E-state index is 0.0778. The van der Waals surface area contributed by atoms with Gasteiger partial charge in [0.2, 0.25) is 11.8 Å². The van der Waals surface area contributed by atoms with Crippen LogP contribution < -0.4 is 10.6 Å². The molecule has 0 spiro atoms. The molecule has 0 heterocycles. The summed E-state index contributed by atoms with van der Waals surface area (Å²) in [5.74, 6) is -0.537. The van der Waals surface area contributed by atoms with Gasteiger partial charge in [0.15, 0.2) is 0 Å². The minimum atomic E-state index is -0.928. The van der Waals surface area contributed by atoms with E-state index in [-0.39, 0.29) is 23.6 Å². The number of hydrogen-bond donors (Lipinski definition) is 3. The van der Waals surface area contributed by atoms with Crippen LogP contribution in [0.15, 0.2) is 54.6 Å². The number of benzene rings is 2. The number of ether oxygens (including phenoxy) is 1. The molecule has 1 saturated carbocycles. The Hall–Kier alpha value is -3.00. The number of alkyl carbamates (subject to hydrolysis) is 1. The normalized spacial score (nSPS) is 14.9. The van der Waals surface area contributed by atoms with E-state index in [1.807, 2.05) is 54.6 Å². The first kappa shape index (κ1) is 27.6. The second-order valence-corrected chi connectivity index (χ2v) is 10.4. The number of nitrogens with zero attached hydrogens (tertiary/aromatic N) is 1. The van der Waals surface area contributed by atoms with Gasteiger partial charge in [-0.15, -0.1) is 0 Å². The van der Waals surface area contributed by atoms with Crippen molar-refractivity contribution in [2.45, 2.75) is 77.2 Å². The Morgan fingerprint density at radius 2 is 1.67 bits per heavy atom. The van der Waals surface area contributed by atoms with E-state index in [0.717, 1.165) is 36.0 Å². The van der Waals surface area contributed by atoms with Crippen molar-refractivity contribution in [2.24, 2.45) is 0 Å². The van der Waals surface area contributed by atoms with Crippen LogP contribution >= 0.6 is 12.6 Å². The van der Waals surface area contributed by atoms with E-state index in [1.165, 1.54) is 0 Å². The van der Waals surface area contributed by atoms with Gasteiger partial charge in [0.1, 0.15) is 17.7 Å². The zero-order valence-corrected chi connectivity index (χ0v) is 22.4. The Kier molecular flexibility index (Phi) is 9.43. The maximum Gasteiger partial charge on any atom is 0.408 e. The minimum Gasteiger partial charge on any atom is -0.444 e. The van der Waals surface area contributed by atoms with Crippen molar-refractivity contribution in [1.29, 1.82) is 0 Å². The third-order valence-corrected chi connectivity index (χ3v) is 6.27. The maximum absolute atomic E-state index is 13.8. The standard InChI is InChI=1S/C28H37N3O4S/c1-5-19-11-13-21(14-12-19)24(25(32)29-17-20-9-7-6-8-10-20)31(22-15-16-22)26(33)23(18-36)30-27(34)35-28(2,3)4/h6-14,22-24,36H,5,15-18H2,1-4H3,(H,29,32)(H,30,34). The van der Waals surface area contributed by atoms with Gasteiger partial charge in [-0.25, -0.2) is 4.79 Å². The van der Waals surface area contributed by atoms with Gasteiger partial charge in [-0.1, -0.05) is 61.5 Å². The predicted molar refractivity (Wildman–Crippen MR) is 144 cm³/mol. The van der Waals surface area contributed by atoms with Gasteiger partial charge in [0.25, 0.3) is 0 Å². The highest BCUT2D eigenvalue weighted by molar-refractivity contribution is 7.80. The van der Waals surface area contributed by atoms with E-state index >= 15 is 0 Å². The van der Waals surface area contributed by atoms with Crippen LogP contribution in [0.1, 0.15) is 63.3 Å². The molecule has 1 aliphatic carbocycles. The summed E-state index contributed by atoms with van der Waals surface area (Å²) >= 11 is 4.33. The number of rotatable bonds is 10. The van der Waals surface area contributed by atoms with Crippen LogP contribution in [0.2, 0.25) is 0 Å². The van der Waals surface area contributed by atoms with Gasteiger partial charge >= 0.3 is 6.09 Å². The number of carbonyl (C=O) groups excluding carboxylic acids is 3. The molecule has 7 nitrogen and oxygen atoms in total. The molecule has 2 N–H and O–H groups in total. The fourth-order valence-corrected chi connectivity index (χ4v) is 4.19. The monoisotopic (exact) mass is 511 g/mol. The number of amides is 3. The van der Waals surface area contributed by atoms with Crippen LogP contribution in [0.5, 0.6) is 0 Å². The molecule has 0 aromatic heterocycles. The molecule has 0 aliphatic heterocycles. The number of nitrogens with one attached hydrogen (secondary N) is 2. The summed E-state index contributed by atoms with van der Waals surface area (Å²) in [5, 5.41) is 5.66. The average molecular weight is 512 g/mol. The number of hydrogen-bond acceptors (Lipinski definition) is 5. The first-order chi connectivity index (χ1) is 17.1. The van der Waals surface area contributed by atoms with Crippen molar-refractivity contribution < 1.29 is 19.1 Å². The molecule has 2 unspecified atom stereocenters. The predicted octanol–water partition coefficient (Wildman–Crippen LogP) is 4.42. The summed E-state index contributed by atoms with van der Waals surface area (Å²) in [6.07, 6.45) is 1.78. The zero-order chi connectivity index (χ0) is 26.3. The first-order valence-electron chi connectivity index (χ1n) is 12.5. The molecule has 194 valence electrons. The quantitative estimate of drug-likeness (QED) is 0.412. The smallest absolute Gasteiger partial charge is 0.408 e. The van der Waals surface area contributed by atoms with Crippen LogP contribution in [0.4, 0.5) is 4.79 Å². The van der Waals surface area contributed by atoms with Crippen LogP contribution in [-0.2, 0) is 27.3 Å². The summed E-state index contributed by atoms with van der Waals surface area (Å²) in [6, 6.07) is 15.6. The van der Waals surface area contributed by atoms with Gasteiger partial charge in [0, 0.05) is 18.3 Å². The Morgan fingerprint density at radius 1 is 1.03 bits per heavy atom. The molecular formula is C28H37N3O4S. The Bertz CT molecular complexity index is 1030. The molecule has 2 aromatic rings. The lowest BCUT2D eigenvalue weighted by Crippen LogP contribution is -2.54. The van der Waals surface area contributed by atoms with E-state index in [9.17, 15) is 14.4 Å². The van der Waals surface area contributed by atoms with Crippen molar-refractivity contribution in [1.82, 2.24) is 15.5 Å². The highest BCUT2D eigenvalue weighted by Crippen LogP contribution is 2.36. The fraction of sp³-hybridized carbons (Fsp3) is 0.464. The average Bonchev–Trinajstić information content (AvgIpc) is 3.69. The summed E-state index contributed by atoms with van der Waals surface area (Å²) in [5.41, 5.74) is 2.14. The van der Waals surface area contributed by atoms with Gasteiger partial charge in [-0.05, 0) is 56.7 Å². The van der Waals surface area contributed by atoms with Crippen LogP contribution in [0, 0.1) is 0 Å². The highest BCUT2D eigenvalue weighted by Gasteiger charge is 2.43. The van der Waals surface area contributed by atoms with Crippen LogP contribution in [-0.4, -0.2) is 46.2 Å².